The number of hydrogen-bond acceptors (Lipinski definition) is 11. The van der Waals surface area contributed by atoms with Gasteiger partial charge in [0, 0.05) is 25.0 Å². The van der Waals surface area contributed by atoms with Crippen molar-refractivity contribution in [2.45, 2.75) is 135 Å². The molecule has 13 heteroatoms. The molecule has 7 rings (SSSR count). The van der Waals surface area contributed by atoms with Crippen LogP contribution in [0.4, 0.5) is 0 Å². The maximum atomic E-state index is 13.2. The molecule has 2 heterocycles. The van der Waals surface area contributed by atoms with E-state index >= 15 is 0 Å². The molecule has 18 atom stereocenters. The van der Waals surface area contributed by atoms with E-state index in [0.717, 1.165) is 12.0 Å². The smallest absolute Gasteiger partial charge is 0.312 e. The van der Waals surface area contributed by atoms with E-state index in [4.69, 9.17) is 9.47 Å². The van der Waals surface area contributed by atoms with E-state index in [9.17, 15) is 50.4 Å². The maximum Gasteiger partial charge on any atom is 0.312 e. The topological polar surface area (TPSA) is 226 Å². The molecule has 4 saturated carbocycles. The Balaban J connectivity index is 1.32. The third kappa shape index (κ3) is 5.41. The zero-order chi connectivity index (χ0) is 38.7. The molecular formula is C40H63NO12. The van der Waals surface area contributed by atoms with Crippen LogP contribution in [0.3, 0.4) is 0 Å². The van der Waals surface area contributed by atoms with E-state index in [1.54, 1.807) is 0 Å². The number of allylic oxidation sites excluding steroid dienone is 2. The number of aliphatic carboxylic acids is 1. The Morgan fingerprint density at radius 2 is 1.66 bits per heavy atom. The van der Waals surface area contributed by atoms with Gasteiger partial charge in [-0.2, -0.15) is 0 Å². The molecule has 5 aliphatic carbocycles. The lowest BCUT2D eigenvalue weighted by Gasteiger charge is -2.73. The second-order valence-electron chi connectivity index (χ2n) is 19.6. The zero-order valence-corrected chi connectivity index (χ0v) is 31.9. The van der Waals surface area contributed by atoms with Gasteiger partial charge in [0.2, 0.25) is 5.91 Å². The normalized spacial score (nSPS) is 55.2. The summed E-state index contributed by atoms with van der Waals surface area (Å²) in [5, 5.41) is 91.3. The van der Waals surface area contributed by atoms with E-state index in [1.165, 1.54) is 0 Å². The third-order valence-electron chi connectivity index (χ3n) is 17.2. The van der Waals surface area contributed by atoms with Crippen molar-refractivity contribution in [3.63, 3.8) is 0 Å². The van der Waals surface area contributed by atoms with E-state index in [2.05, 4.69) is 32.2 Å². The first-order valence-electron chi connectivity index (χ1n) is 19.9. The molecular weight excluding hydrogens is 686 g/mol. The van der Waals surface area contributed by atoms with Crippen LogP contribution in [-0.4, -0.2) is 122 Å². The molecule has 0 unspecified atom stereocenters. The number of carbonyl (C=O) groups excluding carboxylic acids is 1. The molecule has 2 saturated heterocycles. The fraction of sp³-hybridized carbons (Fsp3) is 0.900. The van der Waals surface area contributed by atoms with Gasteiger partial charge in [0.1, 0.15) is 23.7 Å². The number of aliphatic hydroxyl groups excluding tert-OH is 7. The summed E-state index contributed by atoms with van der Waals surface area (Å²) in [6.45, 7) is 10.4. The van der Waals surface area contributed by atoms with Crippen LogP contribution in [-0.2, 0) is 19.1 Å². The average Bonchev–Trinajstić information content (AvgIpc) is 3.52. The fourth-order valence-corrected chi connectivity index (χ4v) is 13.9. The van der Waals surface area contributed by atoms with Crippen LogP contribution in [0.2, 0.25) is 0 Å². The van der Waals surface area contributed by atoms with Crippen LogP contribution >= 0.6 is 0 Å². The summed E-state index contributed by atoms with van der Waals surface area (Å²) >= 11 is 0. The Kier molecular flexibility index (Phi) is 9.85. The number of carbonyl (C=O) groups is 2. The van der Waals surface area contributed by atoms with Crippen molar-refractivity contribution in [2.24, 2.45) is 62.1 Å². The predicted octanol–water partition coefficient (Wildman–Crippen LogP) is 1.34. The minimum atomic E-state index is -1.58. The van der Waals surface area contributed by atoms with Crippen LogP contribution in [0.15, 0.2) is 11.6 Å². The van der Waals surface area contributed by atoms with Crippen molar-refractivity contribution in [3.05, 3.63) is 11.6 Å². The standard InChI is InChI=1S/C40H63NO12/c1-35(18-42)14-23-21-6-7-26-38(4,37(21,3)10-11-40(23,34(50)51)27(45)15-35)9-8-25-36(2,19-43)32(53-33-31(49)30(48)24(44)17-52-33)29(47)22(39(25,26)5)12-20-13-28(46)41-16-20/h6,20,22-27,29-33,42-45,47-49H,7-19H2,1-5H3,(H,41,46)(H,50,51)/t20-,22-,23-,24+,25+,26-,27+,29+,30-,31+,32+,33-,35+,36-,37+,38+,39-,40-/m0/s1. The Morgan fingerprint density at radius 1 is 0.943 bits per heavy atom. The highest BCUT2D eigenvalue weighted by Crippen LogP contribution is 2.77. The molecule has 53 heavy (non-hydrogen) atoms. The summed E-state index contributed by atoms with van der Waals surface area (Å²) in [6.07, 6.45) is -2.39. The summed E-state index contributed by atoms with van der Waals surface area (Å²) in [5.41, 5.74) is -3.37. The lowest BCUT2D eigenvalue weighted by atomic mass is 9.31. The second-order valence-corrected chi connectivity index (χ2v) is 19.6. The van der Waals surface area contributed by atoms with Crippen molar-refractivity contribution >= 4 is 11.9 Å². The van der Waals surface area contributed by atoms with Crippen LogP contribution < -0.4 is 5.32 Å². The van der Waals surface area contributed by atoms with Crippen molar-refractivity contribution in [1.82, 2.24) is 5.32 Å². The largest absolute Gasteiger partial charge is 0.481 e. The molecule has 300 valence electrons. The second kappa shape index (κ2) is 13.2. The van der Waals surface area contributed by atoms with Gasteiger partial charge in [0.15, 0.2) is 6.29 Å². The van der Waals surface area contributed by atoms with Crippen LogP contribution in [0.25, 0.3) is 0 Å². The van der Waals surface area contributed by atoms with Gasteiger partial charge in [0.25, 0.3) is 0 Å². The first-order valence-corrected chi connectivity index (χ1v) is 19.9. The number of ether oxygens (including phenoxy) is 2. The van der Waals surface area contributed by atoms with E-state index in [0.29, 0.717) is 51.5 Å². The summed E-state index contributed by atoms with van der Waals surface area (Å²) in [4.78, 5) is 25.7. The molecule has 0 bridgehead atoms. The van der Waals surface area contributed by atoms with Crippen LogP contribution in [0, 0.1) is 62.1 Å². The highest BCUT2D eigenvalue weighted by molar-refractivity contribution is 5.78. The van der Waals surface area contributed by atoms with Crippen molar-refractivity contribution in [3.8, 4) is 0 Å². The zero-order valence-electron chi connectivity index (χ0n) is 31.9. The molecule has 1 amide bonds. The molecule has 0 radical (unpaired) electrons. The molecule has 0 aromatic carbocycles. The third-order valence-corrected chi connectivity index (χ3v) is 17.2. The lowest BCUT2D eigenvalue weighted by Crippen LogP contribution is -2.72. The van der Waals surface area contributed by atoms with Gasteiger partial charge in [-0.3, -0.25) is 9.59 Å². The van der Waals surface area contributed by atoms with Crippen molar-refractivity contribution in [2.75, 3.05) is 26.4 Å². The molecule has 2 aliphatic heterocycles. The minimum absolute atomic E-state index is 0.0254. The van der Waals surface area contributed by atoms with Crippen molar-refractivity contribution < 1.29 is 59.9 Å². The van der Waals surface area contributed by atoms with E-state index in [-0.39, 0.29) is 55.3 Å². The first-order chi connectivity index (χ1) is 24.8. The number of rotatable bonds is 7. The summed E-state index contributed by atoms with van der Waals surface area (Å²) in [7, 11) is 0. The average molecular weight is 750 g/mol. The molecule has 0 aromatic rings. The number of carboxylic acid groups (broad SMARTS) is 1. The van der Waals surface area contributed by atoms with Gasteiger partial charge in [-0.25, -0.2) is 0 Å². The number of amides is 1. The number of aliphatic hydroxyl groups is 7. The van der Waals surface area contributed by atoms with Gasteiger partial charge < -0.3 is 55.6 Å². The molecule has 6 fully saturated rings. The van der Waals surface area contributed by atoms with Gasteiger partial charge in [-0.1, -0.05) is 46.3 Å². The number of carboxylic acids is 1. The highest BCUT2D eigenvalue weighted by atomic mass is 16.7. The molecule has 0 spiro atoms. The van der Waals surface area contributed by atoms with Gasteiger partial charge >= 0.3 is 5.97 Å². The van der Waals surface area contributed by atoms with Crippen LogP contribution in [0.5, 0.6) is 0 Å². The number of hydrogen-bond donors (Lipinski definition) is 9. The van der Waals surface area contributed by atoms with E-state index in [1.807, 2.05) is 13.8 Å². The summed E-state index contributed by atoms with van der Waals surface area (Å²) in [6, 6.07) is 0. The Bertz CT molecular complexity index is 1490. The quantitative estimate of drug-likeness (QED) is 0.133. The number of fused-ring (bicyclic) bond motifs is 7. The van der Waals surface area contributed by atoms with Crippen LogP contribution in [0.1, 0.15) is 92.4 Å². The van der Waals surface area contributed by atoms with Gasteiger partial charge in [0.05, 0.1) is 31.5 Å². The Morgan fingerprint density at radius 3 is 2.28 bits per heavy atom. The fourth-order valence-electron chi connectivity index (χ4n) is 13.9. The summed E-state index contributed by atoms with van der Waals surface area (Å²) in [5.74, 6) is -2.16. The van der Waals surface area contributed by atoms with E-state index < -0.39 is 87.8 Å². The first kappa shape index (κ1) is 39.6. The van der Waals surface area contributed by atoms with Gasteiger partial charge in [-0.15, -0.1) is 0 Å². The predicted molar refractivity (Wildman–Crippen MR) is 190 cm³/mol. The Hall–Kier alpha value is -1.68. The lowest BCUT2D eigenvalue weighted by molar-refractivity contribution is -0.340. The molecule has 9 N–H and O–H groups in total. The maximum absolute atomic E-state index is 13.2. The van der Waals surface area contributed by atoms with Gasteiger partial charge in [-0.05, 0) is 103 Å². The van der Waals surface area contributed by atoms with Crippen molar-refractivity contribution in [1.29, 1.82) is 0 Å². The minimum Gasteiger partial charge on any atom is -0.481 e. The number of nitrogens with one attached hydrogen (secondary N) is 1. The monoisotopic (exact) mass is 749 g/mol. The molecule has 13 nitrogen and oxygen atoms in total. The Labute approximate surface area is 312 Å². The highest BCUT2D eigenvalue weighted by Gasteiger charge is 2.74. The molecule has 0 aromatic heterocycles. The molecule has 7 aliphatic rings. The SMILES string of the molecule is C[C@]1(CO)C[C@@H](O)[C@]2(C(=O)O)CC[C@]3(C)C(=CC[C@@H]4[C@]5(C)[C@H](CC[C@]43C)[C@](C)(CO)[C@H](O[C@@H]3OC[C@@H](O)[C@H](O)[C@H]3O)[C@H](O)[C@@H]5C[C@@H]3CNC(=O)C3)[C@@H]2C1. The summed E-state index contributed by atoms with van der Waals surface area (Å²) < 4.78 is 12.1.